The molecule has 8 nitrogen and oxygen atoms in total. The van der Waals surface area contributed by atoms with Gasteiger partial charge in [-0.1, -0.05) is 0 Å². The van der Waals surface area contributed by atoms with Crippen molar-refractivity contribution in [2.75, 3.05) is 14.2 Å². The highest BCUT2D eigenvalue weighted by molar-refractivity contribution is 6.21. The maximum Gasteiger partial charge on any atom is 0.261 e. The van der Waals surface area contributed by atoms with E-state index in [1.165, 1.54) is 25.2 Å². The van der Waals surface area contributed by atoms with Gasteiger partial charge in [-0.3, -0.25) is 19.3 Å². The topological polar surface area (TPSA) is 104 Å². The van der Waals surface area contributed by atoms with Crippen LogP contribution in [0.5, 0.6) is 5.75 Å². The largest absolute Gasteiger partial charge is 0.497 e. The Morgan fingerprint density at radius 3 is 2.64 bits per heavy atom. The predicted molar refractivity (Wildman–Crippen MR) is 101 cm³/mol. The number of nitrogens with one attached hydrogen (secondary N) is 2. The third-order valence-electron chi connectivity index (χ3n) is 4.82. The molecule has 0 bridgehead atoms. The van der Waals surface area contributed by atoms with E-state index in [1.54, 1.807) is 7.11 Å². The quantitative estimate of drug-likeness (QED) is 0.678. The van der Waals surface area contributed by atoms with Crippen LogP contribution in [0.1, 0.15) is 49.9 Å². The van der Waals surface area contributed by atoms with Gasteiger partial charge in [0.05, 0.1) is 35.3 Å². The molecule has 0 fully saturated rings. The van der Waals surface area contributed by atoms with Gasteiger partial charge in [-0.2, -0.15) is 0 Å². The number of imidazole rings is 1. The van der Waals surface area contributed by atoms with Crippen LogP contribution in [-0.2, 0) is 0 Å². The number of aromatic nitrogens is 2. The molecule has 0 aliphatic carbocycles. The van der Waals surface area contributed by atoms with Gasteiger partial charge in [0.25, 0.3) is 17.7 Å². The first kappa shape index (κ1) is 17.7. The van der Waals surface area contributed by atoms with Crippen LogP contribution in [0.4, 0.5) is 0 Å². The Kier molecular flexibility index (Phi) is 4.11. The number of rotatable bonds is 4. The average Bonchev–Trinajstić information content (AvgIpc) is 3.22. The van der Waals surface area contributed by atoms with Crippen LogP contribution in [-0.4, -0.2) is 46.7 Å². The summed E-state index contributed by atoms with van der Waals surface area (Å²) in [5.74, 6) is 0.181. The monoisotopic (exact) mass is 378 g/mol. The summed E-state index contributed by atoms with van der Waals surface area (Å²) in [5, 5.41) is 2.86. The van der Waals surface area contributed by atoms with Crippen LogP contribution in [0.3, 0.4) is 0 Å². The molecule has 2 N–H and O–H groups in total. The number of benzene rings is 2. The van der Waals surface area contributed by atoms with E-state index >= 15 is 0 Å². The van der Waals surface area contributed by atoms with Crippen LogP contribution in [0, 0.1) is 0 Å². The summed E-state index contributed by atoms with van der Waals surface area (Å²) in [6.45, 7) is 1.81. The first-order valence-corrected chi connectivity index (χ1v) is 8.70. The maximum absolute atomic E-state index is 12.6. The summed E-state index contributed by atoms with van der Waals surface area (Å²) in [6, 6.07) is 9.59. The molecule has 0 saturated carbocycles. The Hall–Kier alpha value is -3.68. The van der Waals surface area contributed by atoms with Gasteiger partial charge in [0.2, 0.25) is 0 Å². The summed E-state index contributed by atoms with van der Waals surface area (Å²) in [4.78, 5) is 45.4. The molecule has 1 aliphatic heterocycles. The molecular formula is C20H18N4O4. The molecule has 0 unspecified atom stereocenters. The average molecular weight is 378 g/mol. The number of carbonyl (C=O) groups excluding carboxylic acids is 3. The van der Waals surface area contributed by atoms with Crippen LogP contribution in [0.15, 0.2) is 36.4 Å². The summed E-state index contributed by atoms with van der Waals surface area (Å²) in [5.41, 5.74) is 2.42. The van der Waals surface area contributed by atoms with Crippen molar-refractivity contribution in [3.05, 3.63) is 58.9 Å². The standard InChI is InChI=1S/C20H18N4O4/c1-10(17-22-15-7-5-12(28-3)9-16(15)23-17)21-18(25)11-4-6-13-14(8-11)20(27)24(2)19(13)26/h4-10H,1-3H3,(H,21,25)(H,22,23)/t10-/m1/s1. The van der Waals surface area contributed by atoms with E-state index in [-0.39, 0.29) is 23.4 Å². The molecule has 8 heteroatoms. The highest BCUT2D eigenvalue weighted by Gasteiger charge is 2.33. The first-order chi connectivity index (χ1) is 13.4. The van der Waals surface area contributed by atoms with Gasteiger partial charge in [-0.15, -0.1) is 0 Å². The molecule has 28 heavy (non-hydrogen) atoms. The molecule has 0 radical (unpaired) electrons. The fourth-order valence-electron chi connectivity index (χ4n) is 3.19. The molecule has 2 aromatic carbocycles. The zero-order chi connectivity index (χ0) is 20.0. The zero-order valence-electron chi connectivity index (χ0n) is 15.6. The van der Waals surface area contributed by atoms with Crippen molar-refractivity contribution >= 4 is 28.8 Å². The Balaban J connectivity index is 1.56. The molecule has 0 spiro atoms. The number of imide groups is 1. The van der Waals surface area contributed by atoms with Crippen LogP contribution in [0.2, 0.25) is 0 Å². The Labute approximate surface area is 160 Å². The molecule has 1 atom stereocenters. The highest BCUT2D eigenvalue weighted by atomic mass is 16.5. The van der Waals surface area contributed by atoms with Gasteiger partial charge in [-0.05, 0) is 37.3 Å². The van der Waals surface area contributed by atoms with Crippen LogP contribution in [0.25, 0.3) is 11.0 Å². The van der Waals surface area contributed by atoms with Gasteiger partial charge in [0, 0.05) is 18.7 Å². The number of amides is 3. The molecule has 3 amide bonds. The van der Waals surface area contributed by atoms with Crippen molar-refractivity contribution in [1.29, 1.82) is 0 Å². The van der Waals surface area contributed by atoms with Crippen molar-refractivity contribution in [3.63, 3.8) is 0 Å². The van der Waals surface area contributed by atoms with Gasteiger partial charge in [-0.25, -0.2) is 4.98 Å². The molecule has 1 aromatic heterocycles. The Morgan fingerprint density at radius 2 is 1.89 bits per heavy atom. The number of aromatic amines is 1. The number of hydrogen-bond acceptors (Lipinski definition) is 5. The fourth-order valence-corrected chi connectivity index (χ4v) is 3.19. The van der Waals surface area contributed by atoms with E-state index in [0.29, 0.717) is 22.7 Å². The van der Waals surface area contributed by atoms with Gasteiger partial charge < -0.3 is 15.0 Å². The predicted octanol–water partition coefficient (Wildman–Crippen LogP) is 2.29. The molecule has 142 valence electrons. The Morgan fingerprint density at radius 1 is 1.14 bits per heavy atom. The molecule has 1 aliphatic rings. The lowest BCUT2D eigenvalue weighted by Gasteiger charge is -2.11. The van der Waals surface area contributed by atoms with Crippen LogP contribution < -0.4 is 10.1 Å². The van der Waals surface area contributed by atoms with E-state index in [1.807, 2.05) is 25.1 Å². The van der Waals surface area contributed by atoms with Gasteiger partial charge >= 0.3 is 0 Å². The highest BCUT2D eigenvalue weighted by Crippen LogP contribution is 2.24. The van der Waals surface area contributed by atoms with Crippen molar-refractivity contribution in [2.45, 2.75) is 13.0 Å². The number of hydrogen-bond donors (Lipinski definition) is 2. The Bertz CT molecular complexity index is 1130. The number of fused-ring (bicyclic) bond motifs is 2. The molecule has 0 saturated heterocycles. The number of carbonyl (C=O) groups is 3. The number of nitrogens with zero attached hydrogens (tertiary/aromatic N) is 2. The molecule has 3 aromatic rings. The summed E-state index contributed by atoms with van der Waals surface area (Å²) < 4.78 is 5.20. The van der Waals surface area contributed by atoms with Gasteiger partial charge in [0.1, 0.15) is 11.6 Å². The number of H-pyrrole nitrogens is 1. The number of methoxy groups -OCH3 is 1. The normalized spacial score (nSPS) is 14.3. The second-order valence-electron chi connectivity index (χ2n) is 6.63. The minimum absolute atomic E-state index is 0.239. The van der Waals surface area contributed by atoms with E-state index in [0.717, 1.165) is 15.9 Å². The van der Waals surface area contributed by atoms with Crippen molar-refractivity contribution in [2.24, 2.45) is 0 Å². The van der Waals surface area contributed by atoms with E-state index in [2.05, 4.69) is 15.3 Å². The van der Waals surface area contributed by atoms with Crippen molar-refractivity contribution in [3.8, 4) is 5.75 Å². The summed E-state index contributed by atoms with van der Waals surface area (Å²) in [7, 11) is 3.01. The maximum atomic E-state index is 12.6. The molecule has 2 heterocycles. The zero-order valence-corrected chi connectivity index (χ0v) is 15.6. The second-order valence-corrected chi connectivity index (χ2v) is 6.63. The summed E-state index contributed by atoms with van der Waals surface area (Å²) >= 11 is 0. The van der Waals surface area contributed by atoms with Crippen molar-refractivity contribution < 1.29 is 19.1 Å². The SMILES string of the molecule is COc1ccc2nc([C@@H](C)NC(=O)c3ccc4c(c3)C(=O)N(C)C4=O)[nH]c2c1. The lowest BCUT2D eigenvalue weighted by atomic mass is 10.1. The molecule has 4 rings (SSSR count). The number of ether oxygens (including phenoxy) is 1. The first-order valence-electron chi connectivity index (χ1n) is 8.70. The minimum atomic E-state index is -0.408. The van der Waals surface area contributed by atoms with E-state index < -0.39 is 5.91 Å². The fraction of sp³-hybridized carbons (Fsp3) is 0.200. The van der Waals surface area contributed by atoms with Crippen LogP contribution >= 0.6 is 0 Å². The third kappa shape index (κ3) is 2.79. The van der Waals surface area contributed by atoms with Crippen molar-refractivity contribution in [1.82, 2.24) is 20.2 Å². The third-order valence-corrected chi connectivity index (χ3v) is 4.82. The smallest absolute Gasteiger partial charge is 0.261 e. The lowest BCUT2D eigenvalue weighted by molar-refractivity contribution is 0.0693. The molecular weight excluding hydrogens is 360 g/mol. The lowest BCUT2D eigenvalue weighted by Crippen LogP contribution is -2.27. The van der Waals surface area contributed by atoms with E-state index in [9.17, 15) is 14.4 Å². The van der Waals surface area contributed by atoms with E-state index in [4.69, 9.17) is 4.74 Å². The minimum Gasteiger partial charge on any atom is -0.497 e. The van der Waals surface area contributed by atoms with Gasteiger partial charge in [0.15, 0.2) is 0 Å². The summed E-state index contributed by atoms with van der Waals surface area (Å²) in [6.07, 6.45) is 0. The second kappa shape index (κ2) is 6.49.